The Morgan fingerprint density at radius 3 is 2.08 bits per heavy atom. The van der Waals surface area contributed by atoms with Crippen molar-refractivity contribution in [2.75, 3.05) is 0 Å². The SMILES string of the molecule is CC1CC2C(c3ccccc3-c3ccccc3)CCCC2C1[Si](C)(C)[Si](C)(C)C1CCC(C[Si](C)(C)C)C1. The van der Waals surface area contributed by atoms with Crippen LogP contribution in [0.2, 0.25) is 63.0 Å². The third-order valence-electron chi connectivity index (χ3n) is 12.2. The fourth-order valence-corrected chi connectivity index (χ4v) is 27.0. The van der Waals surface area contributed by atoms with Crippen LogP contribution in [0, 0.1) is 23.7 Å². The first-order valence-electron chi connectivity index (χ1n) is 16.0. The molecule has 7 atom stereocenters. The number of hydrogen-bond donors (Lipinski definition) is 0. The summed E-state index contributed by atoms with van der Waals surface area (Å²) in [5.74, 6) is 4.58. The number of rotatable bonds is 7. The van der Waals surface area contributed by atoms with Gasteiger partial charge in [0.15, 0.2) is 0 Å². The molecule has 0 aromatic heterocycles. The number of hydrogen-bond acceptors (Lipinski definition) is 0. The summed E-state index contributed by atoms with van der Waals surface area (Å²) >= 11 is 0. The van der Waals surface area contributed by atoms with Crippen LogP contribution in [0.5, 0.6) is 0 Å². The quantitative estimate of drug-likeness (QED) is 0.295. The molecular formula is C35H56Si3. The molecular weight excluding hydrogens is 505 g/mol. The van der Waals surface area contributed by atoms with Crippen molar-refractivity contribution in [2.24, 2.45) is 23.7 Å². The Morgan fingerprint density at radius 2 is 1.37 bits per heavy atom. The summed E-state index contributed by atoms with van der Waals surface area (Å²) in [6, 6.07) is 22.2. The molecule has 3 aliphatic rings. The second-order valence-electron chi connectivity index (χ2n) is 16.1. The summed E-state index contributed by atoms with van der Waals surface area (Å²) in [6.07, 6.45) is 10.5. The van der Waals surface area contributed by atoms with E-state index in [4.69, 9.17) is 0 Å². The van der Waals surface area contributed by atoms with Gasteiger partial charge in [-0.3, -0.25) is 0 Å². The predicted molar refractivity (Wildman–Crippen MR) is 177 cm³/mol. The van der Waals surface area contributed by atoms with Crippen LogP contribution in [0.3, 0.4) is 0 Å². The normalized spacial score (nSPS) is 32.4. The summed E-state index contributed by atoms with van der Waals surface area (Å²) in [5, 5.41) is 0. The van der Waals surface area contributed by atoms with E-state index in [9.17, 15) is 0 Å². The summed E-state index contributed by atoms with van der Waals surface area (Å²) in [7, 11) is -3.65. The van der Waals surface area contributed by atoms with Gasteiger partial charge < -0.3 is 0 Å². The van der Waals surface area contributed by atoms with Gasteiger partial charge in [0, 0.05) is 23.3 Å². The third kappa shape index (κ3) is 5.38. The Hall–Kier alpha value is -0.909. The van der Waals surface area contributed by atoms with E-state index in [1.54, 1.807) is 30.9 Å². The average molecular weight is 561 g/mol. The summed E-state index contributed by atoms with van der Waals surface area (Å²) in [5.41, 5.74) is 6.69. The number of benzene rings is 2. The molecule has 0 saturated heterocycles. The van der Waals surface area contributed by atoms with Crippen LogP contribution >= 0.6 is 0 Å². The lowest BCUT2D eigenvalue weighted by Gasteiger charge is -2.51. The zero-order valence-corrected chi connectivity index (χ0v) is 28.9. The lowest BCUT2D eigenvalue weighted by molar-refractivity contribution is 0.237. The van der Waals surface area contributed by atoms with E-state index >= 15 is 0 Å². The molecule has 0 radical (unpaired) electrons. The van der Waals surface area contributed by atoms with Crippen LogP contribution in [0.4, 0.5) is 0 Å². The van der Waals surface area contributed by atoms with Crippen molar-refractivity contribution in [3.05, 3.63) is 60.2 Å². The Bertz CT molecular complexity index is 1080. The monoisotopic (exact) mass is 560 g/mol. The standard InChI is InChI=1S/C35H56Si3/c1-26-23-34-32(31-18-13-12-17-30(31)28-15-10-9-11-16-28)19-14-20-33(34)35(26)38(7,8)37(5,6)29-22-21-27(24-29)25-36(2,3)4/h9-13,15-18,26-27,29,32-35H,14,19-25H2,1-8H3. The van der Waals surface area contributed by atoms with Crippen molar-refractivity contribution in [2.45, 2.75) is 121 Å². The van der Waals surface area contributed by atoms with Gasteiger partial charge in [-0.25, -0.2) is 0 Å². The molecule has 3 heteroatoms. The first-order chi connectivity index (χ1) is 17.9. The van der Waals surface area contributed by atoms with E-state index in [2.05, 4.69) is 107 Å². The minimum atomic E-state index is -1.38. The van der Waals surface area contributed by atoms with E-state index in [1.807, 2.05) is 0 Å². The predicted octanol–water partition coefficient (Wildman–Crippen LogP) is 11.3. The fraction of sp³-hybridized carbons (Fsp3) is 0.657. The maximum absolute atomic E-state index is 2.90. The van der Waals surface area contributed by atoms with Gasteiger partial charge >= 0.3 is 0 Å². The van der Waals surface area contributed by atoms with Gasteiger partial charge in [-0.1, -0.05) is 145 Å². The first kappa shape index (κ1) is 28.6. The molecule has 2 aromatic rings. The minimum Gasteiger partial charge on any atom is -0.0711 e. The Balaban J connectivity index is 1.40. The van der Waals surface area contributed by atoms with Gasteiger partial charge in [0.2, 0.25) is 0 Å². The second-order valence-corrected chi connectivity index (χ2v) is 37.8. The number of fused-ring (bicyclic) bond motifs is 1. The minimum absolute atomic E-state index is 0.750. The molecule has 0 spiro atoms. The van der Waals surface area contributed by atoms with Gasteiger partial charge in [-0.15, -0.1) is 0 Å². The maximum atomic E-state index is 2.90. The molecule has 0 bridgehead atoms. The van der Waals surface area contributed by atoms with Gasteiger partial charge in [-0.05, 0) is 70.2 Å². The Kier molecular flexibility index (Phi) is 8.15. The van der Waals surface area contributed by atoms with Crippen molar-refractivity contribution in [3.8, 4) is 11.1 Å². The third-order valence-corrected chi connectivity index (χ3v) is 34.8. The highest BCUT2D eigenvalue weighted by atomic mass is 29.3. The highest BCUT2D eigenvalue weighted by Crippen LogP contribution is 2.63. The van der Waals surface area contributed by atoms with E-state index < -0.39 is 23.3 Å². The maximum Gasteiger partial charge on any atom is 0.0451 e. The summed E-state index contributed by atoms with van der Waals surface area (Å²) < 4.78 is 0. The lowest BCUT2D eigenvalue weighted by Crippen LogP contribution is -2.62. The van der Waals surface area contributed by atoms with Gasteiger partial charge in [-0.2, -0.15) is 0 Å². The molecule has 3 aliphatic carbocycles. The van der Waals surface area contributed by atoms with Crippen molar-refractivity contribution in [1.82, 2.24) is 0 Å². The van der Waals surface area contributed by atoms with E-state index in [0.717, 1.165) is 40.7 Å². The topological polar surface area (TPSA) is 0 Å². The van der Waals surface area contributed by atoms with Crippen LogP contribution in [0.25, 0.3) is 11.1 Å². The molecule has 0 nitrogen and oxygen atoms in total. The van der Waals surface area contributed by atoms with Crippen LogP contribution in [-0.2, 0) is 0 Å². The van der Waals surface area contributed by atoms with E-state index in [0.29, 0.717) is 0 Å². The van der Waals surface area contributed by atoms with Crippen molar-refractivity contribution >= 4 is 23.3 Å². The first-order valence-corrected chi connectivity index (χ1v) is 26.9. The lowest BCUT2D eigenvalue weighted by atomic mass is 9.69. The molecule has 3 fully saturated rings. The smallest absolute Gasteiger partial charge is 0.0451 e. The molecule has 38 heavy (non-hydrogen) atoms. The van der Waals surface area contributed by atoms with Gasteiger partial charge in [0.05, 0.1) is 0 Å². The zero-order valence-electron chi connectivity index (χ0n) is 25.9. The molecule has 0 aliphatic heterocycles. The van der Waals surface area contributed by atoms with Crippen LogP contribution in [0.15, 0.2) is 54.6 Å². The molecule has 0 amide bonds. The molecule has 0 N–H and O–H groups in total. The highest BCUT2D eigenvalue weighted by Gasteiger charge is 2.59. The highest BCUT2D eigenvalue weighted by molar-refractivity contribution is 7.41. The summed E-state index contributed by atoms with van der Waals surface area (Å²) in [4.78, 5) is 0. The van der Waals surface area contributed by atoms with Crippen molar-refractivity contribution in [3.63, 3.8) is 0 Å². The van der Waals surface area contributed by atoms with Crippen molar-refractivity contribution < 1.29 is 0 Å². The molecule has 5 rings (SSSR count). The zero-order chi connectivity index (χ0) is 27.3. The van der Waals surface area contributed by atoms with Crippen molar-refractivity contribution in [1.29, 1.82) is 0 Å². The molecule has 2 aromatic carbocycles. The molecule has 208 valence electrons. The Labute approximate surface area is 238 Å². The Morgan fingerprint density at radius 1 is 0.684 bits per heavy atom. The van der Waals surface area contributed by atoms with Crippen LogP contribution < -0.4 is 0 Å². The molecule has 3 saturated carbocycles. The average Bonchev–Trinajstić information content (AvgIpc) is 3.47. The molecule has 7 unspecified atom stereocenters. The van der Waals surface area contributed by atoms with E-state index in [1.165, 1.54) is 36.8 Å². The molecule has 0 heterocycles. The summed E-state index contributed by atoms with van der Waals surface area (Å²) in [6.45, 7) is 22.0. The van der Waals surface area contributed by atoms with Crippen LogP contribution in [-0.4, -0.2) is 23.3 Å². The largest absolute Gasteiger partial charge is 0.0711 e. The second kappa shape index (κ2) is 10.8. The van der Waals surface area contributed by atoms with Gasteiger partial charge in [0.25, 0.3) is 0 Å². The van der Waals surface area contributed by atoms with Crippen LogP contribution in [0.1, 0.15) is 63.4 Å². The fourth-order valence-electron chi connectivity index (χ4n) is 10.2. The van der Waals surface area contributed by atoms with E-state index in [-0.39, 0.29) is 0 Å². The van der Waals surface area contributed by atoms with Gasteiger partial charge in [0.1, 0.15) is 0 Å².